The molecule has 0 saturated heterocycles. The Labute approximate surface area is 185 Å². The molecule has 0 spiro atoms. The first-order valence-electron chi connectivity index (χ1n) is 10.3. The van der Waals surface area contributed by atoms with Crippen LogP contribution in [0.15, 0.2) is 91.1 Å². The van der Waals surface area contributed by atoms with Crippen molar-refractivity contribution in [1.82, 2.24) is 9.97 Å². The standard InChI is InChI=1S/C26H22FN3O2/c27-21-14-8-7-13-20(21)16-22-25(28-17-24(29-22)19-11-5-2-6-12-19)30-23(26(31)32)15-18-9-3-1-4-10-18/h1-14,17,23H,15-16H2,(H,28,30)(H,31,32)/t23-/m0/s1. The molecule has 4 aromatic rings. The van der Waals surface area contributed by atoms with Gasteiger partial charge in [0.25, 0.3) is 0 Å². The van der Waals surface area contributed by atoms with E-state index in [1.54, 1.807) is 24.4 Å². The molecule has 5 nitrogen and oxygen atoms in total. The fourth-order valence-corrected chi connectivity index (χ4v) is 3.46. The molecule has 0 amide bonds. The number of carboxylic acid groups (broad SMARTS) is 1. The second kappa shape index (κ2) is 9.83. The van der Waals surface area contributed by atoms with Gasteiger partial charge in [-0.25, -0.2) is 19.2 Å². The summed E-state index contributed by atoms with van der Waals surface area (Å²) in [4.78, 5) is 21.1. The summed E-state index contributed by atoms with van der Waals surface area (Å²) < 4.78 is 14.3. The number of rotatable bonds is 8. The van der Waals surface area contributed by atoms with E-state index in [2.05, 4.69) is 10.3 Å². The molecule has 0 radical (unpaired) electrons. The molecule has 0 bridgehead atoms. The molecule has 6 heteroatoms. The summed E-state index contributed by atoms with van der Waals surface area (Å²) in [6.45, 7) is 0. The third-order valence-electron chi connectivity index (χ3n) is 5.12. The predicted molar refractivity (Wildman–Crippen MR) is 122 cm³/mol. The molecule has 0 unspecified atom stereocenters. The summed E-state index contributed by atoms with van der Waals surface area (Å²) in [5.74, 6) is -1.01. The molecular formula is C26H22FN3O2. The lowest BCUT2D eigenvalue weighted by Crippen LogP contribution is -2.32. The number of carboxylic acids is 1. The second-order valence-electron chi connectivity index (χ2n) is 7.41. The summed E-state index contributed by atoms with van der Waals surface area (Å²) in [7, 11) is 0. The van der Waals surface area contributed by atoms with Crippen molar-refractivity contribution in [3.05, 3.63) is 114 Å². The van der Waals surface area contributed by atoms with E-state index in [-0.39, 0.29) is 18.7 Å². The zero-order chi connectivity index (χ0) is 22.3. The van der Waals surface area contributed by atoms with Crippen molar-refractivity contribution in [2.24, 2.45) is 0 Å². The van der Waals surface area contributed by atoms with Crippen molar-refractivity contribution in [3.8, 4) is 11.3 Å². The smallest absolute Gasteiger partial charge is 0.326 e. The van der Waals surface area contributed by atoms with Gasteiger partial charge in [0, 0.05) is 18.4 Å². The third-order valence-corrected chi connectivity index (χ3v) is 5.12. The van der Waals surface area contributed by atoms with Crippen LogP contribution in [0.3, 0.4) is 0 Å². The van der Waals surface area contributed by atoms with Gasteiger partial charge in [0.15, 0.2) is 0 Å². The Bertz CT molecular complexity index is 1200. The SMILES string of the molecule is O=C(O)[C@H](Cc1ccccc1)Nc1ncc(-c2ccccc2)nc1Cc1ccccc1F. The first kappa shape index (κ1) is 21.2. The first-order valence-corrected chi connectivity index (χ1v) is 10.3. The maximum atomic E-state index is 14.3. The molecule has 1 heterocycles. The Morgan fingerprint density at radius 2 is 1.59 bits per heavy atom. The fourth-order valence-electron chi connectivity index (χ4n) is 3.46. The first-order chi connectivity index (χ1) is 15.6. The summed E-state index contributed by atoms with van der Waals surface area (Å²) >= 11 is 0. The third kappa shape index (κ3) is 5.16. The van der Waals surface area contributed by atoms with E-state index in [4.69, 9.17) is 4.98 Å². The van der Waals surface area contributed by atoms with Crippen molar-refractivity contribution < 1.29 is 14.3 Å². The predicted octanol–water partition coefficient (Wildman–Crippen LogP) is 4.98. The Morgan fingerprint density at radius 1 is 0.938 bits per heavy atom. The van der Waals surface area contributed by atoms with Gasteiger partial charge in [-0.15, -0.1) is 0 Å². The van der Waals surface area contributed by atoms with Gasteiger partial charge in [-0.3, -0.25) is 0 Å². The maximum Gasteiger partial charge on any atom is 0.326 e. The van der Waals surface area contributed by atoms with Gasteiger partial charge in [-0.05, 0) is 17.2 Å². The minimum absolute atomic E-state index is 0.181. The van der Waals surface area contributed by atoms with Gasteiger partial charge in [-0.1, -0.05) is 78.9 Å². The van der Waals surface area contributed by atoms with E-state index >= 15 is 0 Å². The number of halogens is 1. The van der Waals surface area contributed by atoms with Gasteiger partial charge in [0.2, 0.25) is 0 Å². The van der Waals surface area contributed by atoms with Crippen molar-refractivity contribution in [2.75, 3.05) is 5.32 Å². The molecule has 0 aliphatic rings. The lowest BCUT2D eigenvalue weighted by Gasteiger charge is -2.18. The van der Waals surface area contributed by atoms with E-state index in [9.17, 15) is 14.3 Å². The zero-order valence-electron chi connectivity index (χ0n) is 17.3. The minimum atomic E-state index is -1.00. The van der Waals surface area contributed by atoms with Crippen molar-refractivity contribution >= 4 is 11.8 Å². The zero-order valence-corrected chi connectivity index (χ0v) is 17.3. The quantitative estimate of drug-likeness (QED) is 0.415. The molecule has 1 aromatic heterocycles. The van der Waals surface area contributed by atoms with Gasteiger partial charge >= 0.3 is 5.97 Å². The number of nitrogens with zero attached hydrogens (tertiary/aromatic N) is 2. The van der Waals surface area contributed by atoms with Crippen LogP contribution < -0.4 is 5.32 Å². The van der Waals surface area contributed by atoms with Crippen molar-refractivity contribution in [3.63, 3.8) is 0 Å². The molecule has 0 aliphatic carbocycles. The molecule has 0 aliphatic heterocycles. The number of aliphatic carboxylic acids is 1. The summed E-state index contributed by atoms with van der Waals surface area (Å²) in [5.41, 5.74) is 3.34. The molecule has 1 atom stereocenters. The lowest BCUT2D eigenvalue weighted by atomic mass is 10.0. The minimum Gasteiger partial charge on any atom is -0.480 e. The second-order valence-corrected chi connectivity index (χ2v) is 7.41. The molecule has 0 fully saturated rings. The molecule has 2 N–H and O–H groups in total. The Morgan fingerprint density at radius 3 is 2.28 bits per heavy atom. The van der Waals surface area contributed by atoms with E-state index in [0.717, 1.165) is 11.1 Å². The van der Waals surface area contributed by atoms with Crippen LogP contribution in [0.25, 0.3) is 11.3 Å². The molecular weight excluding hydrogens is 405 g/mol. The topological polar surface area (TPSA) is 75.1 Å². The number of anilines is 1. The maximum absolute atomic E-state index is 14.3. The average molecular weight is 427 g/mol. The van der Waals surface area contributed by atoms with E-state index in [1.165, 1.54) is 6.07 Å². The highest BCUT2D eigenvalue weighted by atomic mass is 19.1. The highest BCUT2D eigenvalue weighted by Crippen LogP contribution is 2.23. The molecule has 4 rings (SSSR count). The summed E-state index contributed by atoms with van der Waals surface area (Å²) in [5, 5.41) is 12.8. The fraction of sp³-hybridized carbons (Fsp3) is 0.115. The van der Waals surface area contributed by atoms with Crippen LogP contribution in [0.1, 0.15) is 16.8 Å². The number of hydrogen-bond donors (Lipinski definition) is 2. The number of carbonyl (C=O) groups is 1. The van der Waals surface area contributed by atoms with Crippen LogP contribution in [0, 0.1) is 5.82 Å². The normalized spacial score (nSPS) is 11.7. The van der Waals surface area contributed by atoms with Gasteiger partial charge in [-0.2, -0.15) is 0 Å². The van der Waals surface area contributed by atoms with Crippen LogP contribution >= 0.6 is 0 Å². The Balaban J connectivity index is 1.69. The van der Waals surface area contributed by atoms with Gasteiger partial charge < -0.3 is 10.4 Å². The molecule has 32 heavy (non-hydrogen) atoms. The van der Waals surface area contributed by atoms with Crippen LogP contribution in [0.5, 0.6) is 0 Å². The Kier molecular flexibility index (Phi) is 6.51. The molecule has 160 valence electrons. The highest BCUT2D eigenvalue weighted by Gasteiger charge is 2.21. The van der Waals surface area contributed by atoms with E-state index in [0.29, 0.717) is 22.8 Å². The number of benzene rings is 3. The number of hydrogen-bond acceptors (Lipinski definition) is 4. The van der Waals surface area contributed by atoms with Crippen molar-refractivity contribution in [2.45, 2.75) is 18.9 Å². The van der Waals surface area contributed by atoms with Crippen LogP contribution in [-0.2, 0) is 17.6 Å². The van der Waals surface area contributed by atoms with Crippen LogP contribution in [0.4, 0.5) is 10.2 Å². The average Bonchev–Trinajstić information content (AvgIpc) is 2.82. The van der Waals surface area contributed by atoms with E-state index in [1.807, 2.05) is 60.7 Å². The van der Waals surface area contributed by atoms with Gasteiger partial charge in [0.05, 0.1) is 17.6 Å². The van der Waals surface area contributed by atoms with Crippen LogP contribution in [-0.4, -0.2) is 27.1 Å². The monoisotopic (exact) mass is 427 g/mol. The van der Waals surface area contributed by atoms with Gasteiger partial charge in [0.1, 0.15) is 17.7 Å². The largest absolute Gasteiger partial charge is 0.480 e. The van der Waals surface area contributed by atoms with E-state index < -0.39 is 12.0 Å². The Hall–Kier alpha value is -4.06. The summed E-state index contributed by atoms with van der Waals surface area (Å²) in [6.07, 6.45) is 2.06. The number of aromatic nitrogens is 2. The lowest BCUT2D eigenvalue weighted by molar-refractivity contribution is -0.137. The number of nitrogens with one attached hydrogen (secondary N) is 1. The van der Waals surface area contributed by atoms with Crippen molar-refractivity contribution in [1.29, 1.82) is 0 Å². The highest BCUT2D eigenvalue weighted by molar-refractivity contribution is 5.77. The van der Waals surface area contributed by atoms with Crippen LogP contribution in [0.2, 0.25) is 0 Å². The molecule has 3 aromatic carbocycles. The molecule has 0 saturated carbocycles. The summed E-state index contributed by atoms with van der Waals surface area (Å²) in [6, 6.07) is 24.5.